The van der Waals surface area contributed by atoms with E-state index < -0.39 is 11.9 Å². The first-order chi connectivity index (χ1) is 8.01. The van der Waals surface area contributed by atoms with E-state index in [1.165, 1.54) is 7.11 Å². The first kappa shape index (κ1) is 13.9. The van der Waals surface area contributed by atoms with Crippen LogP contribution in [0.5, 0.6) is 0 Å². The van der Waals surface area contributed by atoms with Crippen molar-refractivity contribution in [1.82, 2.24) is 9.97 Å². The van der Waals surface area contributed by atoms with Crippen LogP contribution in [0, 0.1) is 6.92 Å². The van der Waals surface area contributed by atoms with Gasteiger partial charge in [0, 0.05) is 5.56 Å². The largest absolute Gasteiger partial charge is 0.469 e. The number of hydrogen-bond acceptors (Lipinski definition) is 4. The normalized spacial score (nSPS) is 12.0. The molecule has 0 radical (unpaired) electrons. The van der Waals surface area contributed by atoms with Crippen LogP contribution in [-0.4, -0.2) is 23.0 Å². The summed E-state index contributed by atoms with van der Waals surface area (Å²) in [6.45, 7) is 5.25. The lowest BCUT2D eigenvalue weighted by atomic mass is 9.98. The van der Waals surface area contributed by atoms with Crippen LogP contribution in [-0.2, 0) is 9.53 Å². The maximum Gasteiger partial charge on any atom is 0.313 e. The number of hydrogen-bond donors (Lipinski definition) is 0. The number of esters is 1. The smallest absolute Gasteiger partial charge is 0.313 e. The van der Waals surface area contributed by atoms with Crippen molar-refractivity contribution >= 4 is 29.2 Å². The van der Waals surface area contributed by atoms with E-state index >= 15 is 0 Å². The summed E-state index contributed by atoms with van der Waals surface area (Å²) in [6.07, 6.45) is 1.95. The molecule has 0 aliphatic carbocycles. The van der Waals surface area contributed by atoms with Gasteiger partial charge in [0.15, 0.2) is 0 Å². The number of aryl methyl sites for hydroxylation is 1. The summed E-state index contributed by atoms with van der Waals surface area (Å²) in [5.41, 5.74) is 0.380. The number of carbonyl (C=O) groups excluding carboxylic acids is 1. The number of carbonyl (C=O) groups is 1. The molecule has 1 aromatic heterocycles. The Morgan fingerprint density at radius 3 is 2.41 bits per heavy atom. The maximum atomic E-state index is 11.6. The van der Waals surface area contributed by atoms with E-state index in [-0.39, 0.29) is 10.3 Å². The van der Waals surface area contributed by atoms with Crippen LogP contribution in [0.3, 0.4) is 0 Å². The average Bonchev–Trinajstić information content (AvgIpc) is 2.25. The highest BCUT2D eigenvalue weighted by atomic mass is 35.5. The minimum absolute atomic E-state index is 0.166. The molecule has 1 atom stereocenters. The van der Waals surface area contributed by atoms with Crippen molar-refractivity contribution < 1.29 is 9.53 Å². The van der Waals surface area contributed by atoms with Crippen LogP contribution < -0.4 is 0 Å². The van der Waals surface area contributed by atoms with Crippen molar-refractivity contribution in [2.24, 2.45) is 0 Å². The molecule has 0 aromatic carbocycles. The fraction of sp³-hybridized carbons (Fsp3) is 0.364. The van der Waals surface area contributed by atoms with Crippen molar-refractivity contribution in [2.45, 2.75) is 19.3 Å². The zero-order chi connectivity index (χ0) is 13.0. The lowest BCUT2D eigenvalue weighted by molar-refractivity contribution is -0.142. The molecule has 0 N–H and O–H groups in total. The number of allylic oxidation sites excluding steroid dienone is 1. The Balaban J connectivity index is 3.27. The Bertz CT molecular complexity index is 426. The van der Waals surface area contributed by atoms with Crippen molar-refractivity contribution in [3.63, 3.8) is 0 Å². The molecule has 4 nitrogen and oxygen atoms in total. The van der Waals surface area contributed by atoms with E-state index in [2.05, 4.69) is 16.5 Å². The molecule has 0 aliphatic rings. The Labute approximate surface area is 110 Å². The van der Waals surface area contributed by atoms with Crippen molar-refractivity contribution in [3.05, 3.63) is 34.3 Å². The second-order valence-corrected chi connectivity index (χ2v) is 4.08. The standard InChI is InChI=1S/C11H12Cl2N2O2/c1-4-5-7(11(16)17-3)8-9(12)14-6(2)15-10(8)13/h4,7H,1,5H2,2-3H3. The van der Waals surface area contributed by atoms with Gasteiger partial charge in [-0.3, -0.25) is 4.79 Å². The van der Waals surface area contributed by atoms with Crippen LogP contribution in [0.2, 0.25) is 10.3 Å². The predicted molar refractivity (Wildman–Crippen MR) is 66.4 cm³/mol. The zero-order valence-electron chi connectivity index (χ0n) is 9.54. The number of aromatic nitrogens is 2. The average molecular weight is 275 g/mol. The van der Waals surface area contributed by atoms with Crippen LogP contribution >= 0.6 is 23.2 Å². The first-order valence-electron chi connectivity index (χ1n) is 4.89. The molecule has 92 valence electrons. The Kier molecular flexibility index (Phi) is 4.90. The molecule has 0 spiro atoms. The fourth-order valence-electron chi connectivity index (χ4n) is 1.44. The van der Waals surface area contributed by atoms with E-state index in [1.807, 2.05) is 0 Å². The van der Waals surface area contributed by atoms with E-state index in [9.17, 15) is 4.79 Å². The topological polar surface area (TPSA) is 52.1 Å². The van der Waals surface area contributed by atoms with Crippen LogP contribution in [0.25, 0.3) is 0 Å². The molecule has 0 amide bonds. The summed E-state index contributed by atoms with van der Waals surface area (Å²) in [7, 11) is 1.30. The van der Waals surface area contributed by atoms with Gasteiger partial charge in [0.2, 0.25) is 0 Å². The maximum absolute atomic E-state index is 11.6. The number of nitrogens with zero attached hydrogens (tertiary/aromatic N) is 2. The van der Waals surface area contributed by atoms with Gasteiger partial charge in [-0.1, -0.05) is 29.3 Å². The van der Waals surface area contributed by atoms with Gasteiger partial charge in [-0.25, -0.2) is 9.97 Å². The SMILES string of the molecule is C=CCC(C(=O)OC)c1c(Cl)nc(C)nc1Cl. The number of rotatable bonds is 4. The van der Waals surface area contributed by atoms with Gasteiger partial charge < -0.3 is 4.74 Å². The predicted octanol–water partition coefficient (Wildman–Crippen LogP) is 2.92. The highest BCUT2D eigenvalue weighted by molar-refractivity contribution is 6.35. The lowest BCUT2D eigenvalue weighted by Crippen LogP contribution is -2.16. The van der Waals surface area contributed by atoms with Gasteiger partial charge in [-0.2, -0.15) is 0 Å². The minimum Gasteiger partial charge on any atom is -0.469 e. The van der Waals surface area contributed by atoms with E-state index in [1.54, 1.807) is 13.0 Å². The quantitative estimate of drug-likeness (QED) is 0.481. The third-order valence-electron chi connectivity index (χ3n) is 2.20. The second-order valence-electron chi connectivity index (χ2n) is 3.37. The molecule has 0 fully saturated rings. The third-order valence-corrected chi connectivity index (χ3v) is 2.78. The van der Waals surface area contributed by atoms with Crippen molar-refractivity contribution in [2.75, 3.05) is 7.11 Å². The molecule has 0 aliphatic heterocycles. The highest BCUT2D eigenvalue weighted by Crippen LogP contribution is 2.32. The molecule has 6 heteroatoms. The third kappa shape index (κ3) is 3.17. The molecule has 1 heterocycles. The van der Waals surface area contributed by atoms with Crippen molar-refractivity contribution in [1.29, 1.82) is 0 Å². The van der Waals surface area contributed by atoms with Gasteiger partial charge in [0.25, 0.3) is 0 Å². The summed E-state index contributed by atoms with van der Waals surface area (Å²) in [5.74, 6) is -0.620. The summed E-state index contributed by atoms with van der Waals surface area (Å²) >= 11 is 12.0. The molecular weight excluding hydrogens is 263 g/mol. The van der Waals surface area contributed by atoms with Gasteiger partial charge >= 0.3 is 5.97 Å². The Morgan fingerprint density at radius 2 is 2.00 bits per heavy atom. The summed E-state index contributed by atoms with van der Waals surface area (Å²) in [5, 5.41) is 0.333. The number of ether oxygens (including phenoxy) is 1. The fourth-order valence-corrected chi connectivity index (χ4v) is 2.18. The molecule has 1 unspecified atom stereocenters. The Hall–Kier alpha value is -1.13. The molecule has 0 saturated carbocycles. The van der Waals surface area contributed by atoms with E-state index in [4.69, 9.17) is 27.9 Å². The molecule has 0 saturated heterocycles. The van der Waals surface area contributed by atoms with Crippen molar-refractivity contribution in [3.8, 4) is 0 Å². The van der Waals surface area contributed by atoms with Gasteiger partial charge in [0.05, 0.1) is 13.0 Å². The van der Waals surface area contributed by atoms with Crippen LogP contribution in [0.4, 0.5) is 0 Å². The van der Waals surface area contributed by atoms with Gasteiger partial charge in [-0.15, -0.1) is 6.58 Å². The lowest BCUT2D eigenvalue weighted by Gasteiger charge is -2.15. The van der Waals surface area contributed by atoms with Gasteiger partial charge in [-0.05, 0) is 13.3 Å². The van der Waals surface area contributed by atoms with Gasteiger partial charge in [0.1, 0.15) is 16.1 Å². The Morgan fingerprint density at radius 1 is 1.47 bits per heavy atom. The first-order valence-corrected chi connectivity index (χ1v) is 5.65. The summed E-state index contributed by atoms with van der Waals surface area (Å²) in [6, 6.07) is 0. The van der Waals surface area contributed by atoms with Crippen LogP contribution in [0.15, 0.2) is 12.7 Å². The molecule has 1 rings (SSSR count). The van der Waals surface area contributed by atoms with E-state index in [0.29, 0.717) is 17.8 Å². The number of halogens is 2. The zero-order valence-corrected chi connectivity index (χ0v) is 11.0. The van der Waals surface area contributed by atoms with Crippen LogP contribution in [0.1, 0.15) is 23.7 Å². The molecule has 17 heavy (non-hydrogen) atoms. The highest BCUT2D eigenvalue weighted by Gasteiger charge is 2.27. The summed E-state index contributed by atoms with van der Waals surface area (Å²) < 4.78 is 4.70. The van der Waals surface area contributed by atoms with E-state index in [0.717, 1.165) is 0 Å². The molecule has 1 aromatic rings. The monoisotopic (exact) mass is 274 g/mol. The minimum atomic E-state index is -0.627. The second kappa shape index (κ2) is 5.98. The molecular formula is C11H12Cl2N2O2. The summed E-state index contributed by atoms with van der Waals surface area (Å²) in [4.78, 5) is 19.6. The number of methoxy groups -OCH3 is 1. The molecule has 0 bridgehead atoms.